The van der Waals surface area contributed by atoms with E-state index in [1.165, 1.54) is 5.56 Å². The lowest BCUT2D eigenvalue weighted by Crippen LogP contribution is -2.29. The summed E-state index contributed by atoms with van der Waals surface area (Å²) < 4.78 is 5.17. The minimum Gasteiger partial charge on any atom is -0.497 e. The number of benzene rings is 3. The summed E-state index contributed by atoms with van der Waals surface area (Å²) in [4.78, 5) is 12.8. The van der Waals surface area contributed by atoms with Crippen LogP contribution in [0.25, 0.3) is 0 Å². The van der Waals surface area contributed by atoms with Gasteiger partial charge in [0, 0.05) is 5.56 Å². The third kappa shape index (κ3) is 3.94. The van der Waals surface area contributed by atoms with Crippen molar-refractivity contribution in [3.05, 3.63) is 101 Å². The molecule has 0 aliphatic heterocycles. The molecule has 0 spiro atoms. The molecule has 1 amide bonds. The number of carbonyl (C=O) groups is 1. The first kappa shape index (κ1) is 17.7. The third-order valence-electron chi connectivity index (χ3n) is 4.51. The maximum atomic E-state index is 12.8. The molecule has 0 bridgehead atoms. The summed E-state index contributed by atoms with van der Waals surface area (Å²) in [6, 6.07) is 23.3. The van der Waals surface area contributed by atoms with Gasteiger partial charge in [-0.3, -0.25) is 4.79 Å². The third-order valence-corrected chi connectivity index (χ3v) is 4.51. The van der Waals surface area contributed by atoms with Crippen LogP contribution in [0.1, 0.15) is 38.7 Å². The number of amides is 1. The van der Waals surface area contributed by atoms with Crippen molar-refractivity contribution in [2.75, 3.05) is 7.11 Å². The molecule has 132 valence electrons. The van der Waals surface area contributed by atoms with E-state index >= 15 is 0 Å². The minimum absolute atomic E-state index is 0.109. The summed E-state index contributed by atoms with van der Waals surface area (Å²) >= 11 is 0. The van der Waals surface area contributed by atoms with Crippen LogP contribution in [0.3, 0.4) is 0 Å². The number of ether oxygens (including phenoxy) is 1. The van der Waals surface area contributed by atoms with E-state index in [4.69, 9.17) is 4.74 Å². The van der Waals surface area contributed by atoms with Crippen molar-refractivity contribution >= 4 is 5.91 Å². The van der Waals surface area contributed by atoms with Gasteiger partial charge in [-0.15, -0.1) is 0 Å². The van der Waals surface area contributed by atoms with Crippen LogP contribution in [0.2, 0.25) is 0 Å². The van der Waals surface area contributed by atoms with Gasteiger partial charge in [-0.2, -0.15) is 0 Å². The normalized spacial score (nSPS) is 11.7. The number of hydrogen-bond acceptors (Lipinski definition) is 2. The lowest BCUT2D eigenvalue weighted by Gasteiger charge is -2.22. The number of carbonyl (C=O) groups excluding carboxylic acids is 1. The minimum atomic E-state index is -0.203. The van der Waals surface area contributed by atoms with Crippen LogP contribution in [0, 0.1) is 13.8 Å². The molecule has 0 heterocycles. The van der Waals surface area contributed by atoms with Gasteiger partial charge < -0.3 is 10.1 Å². The number of hydrogen-bond donors (Lipinski definition) is 1. The van der Waals surface area contributed by atoms with E-state index in [1.54, 1.807) is 31.4 Å². The lowest BCUT2D eigenvalue weighted by molar-refractivity contribution is 0.0943. The van der Waals surface area contributed by atoms with Gasteiger partial charge in [0.1, 0.15) is 5.75 Å². The largest absolute Gasteiger partial charge is 0.497 e. The van der Waals surface area contributed by atoms with Crippen LogP contribution in [0.4, 0.5) is 0 Å². The quantitative estimate of drug-likeness (QED) is 0.719. The van der Waals surface area contributed by atoms with Gasteiger partial charge in [0.15, 0.2) is 0 Å². The summed E-state index contributed by atoms with van der Waals surface area (Å²) in [5.41, 5.74) is 5.10. The second-order valence-corrected chi connectivity index (χ2v) is 6.41. The van der Waals surface area contributed by atoms with Gasteiger partial charge in [0.2, 0.25) is 0 Å². The smallest absolute Gasteiger partial charge is 0.252 e. The number of methoxy groups -OCH3 is 1. The lowest BCUT2D eigenvalue weighted by atomic mass is 9.93. The number of aryl methyl sites for hydroxylation is 2. The second-order valence-electron chi connectivity index (χ2n) is 6.41. The molecular weight excluding hydrogens is 322 g/mol. The molecule has 3 aromatic carbocycles. The van der Waals surface area contributed by atoms with Crippen LogP contribution in [-0.4, -0.2) is 13.0 Å². The fourth-order valence-corrected chi connectivity index (χ4v) is 3.01. The van der Waals surface area contributed by atoms with Crippen LogP contribution in [-0.2, 0) is 0 Å². The Morgan fingerprint density at radius 2 is 1.62 bits per heavy atom. The van der Waals surface area contributed by atoms with Gasteiger partial charge in [0.05, 0.1) is 13.2 Å². The van der Waals surface area contributed by atoms with E-state index in [9.17, 15) is 4.79 Å². The Hall–Kier alpha value is -3.07. The molecule has 3 aromatic rings. The fraction of sp³-hybridized carbons (Fsp3) is 0.174. The molecule has 0 aromatic heterocycles. The Morgan fingerprint density at radius 3 is 2.27 bits per heavy atom. The summed E-state index contributed by atoms with van der Waals surface area (Å²) in [6.45, 7) is 4.14. The standard InChI is InChI=1S/C23H23NO2/c1-16-9-10-17(2)21(15-16)22(18-7-5-4-6-8-18)24-23(25)19-11-13-20(26-3)14-12-19/h4-15,22H,1-3H3,(H,24,25)/t22-/m0/s1. The maximum Gasteiger partial charge on any atom is 0.252 e. The molecule has 0 fully saturated rings. The van der Waals surface area contributed by atoms with E-state index in [-0.39, 0.29) is 11.9 Å². The summed E-state index contributed by atoms with van der Waals surface area (Å²) in [7, 11) is 1.61. The Bertz CT molecular complexity index is 886. The molecule has 1 N–H and O–H groups in total. The topological polar surface area (TPSA) is 38.3 Å². The molecule has 3 rings (SSSR count). The predicted octanol–water partition coefficient (Wildman–Crippen LogP) is 4.83. The van der Waals surface area contributed by atoms with Crippen molar-refractivity contribution in [2.45, 2.75) is 19.9 Å². The summed E-state index contributed by atoms with van der Waals surface area (Å²) in [6.07, 6.45) is 0. The average Bonchev–Trinajstić information content (AvgIpc) is 2.68. The molecule has 0 saturated heterocycles. The molecule has 0 aliphatic rings. The average molecular weight is 345 g/mol. The highest BCUT2D eigenvalue weighted by molar-refractivity contribution is 5.94. The van der Waals surface area contributed by atoms with Crippen LogP contribution >= 0.6 is 0 Å². The van der Waals surface area contributed by atoms with E-state index in [0.717, 1.165) is 22.4 Å². The van der Waals surface area contributed by atoms with E-state index in [0.29, 0.717) is 5.56 Å². The Morgan fingerprint density at radius 1 is 0.923 bits per heavy atom. The van der Waals surface area contributed by atoms with Crippen molar-refractivity contribution < 1.29 is 9.53 Å². The highest BCUT2D eigenvalue weighted by atomic mass is 16.5. The van der Waals surface area contributed by atoms with Gasteiger partial charge in [0.25, 0.3) is 5.91 Å². The first-order valence-electron chi connectivity index (χ1n) is 8.65. The zero-order chi connectivity index (χ0) is 18.5. The Kier molecular flexibility index (Phi) is 5.37. The predicted molar refractivity (Wildman–Crippen MR) is 105 cm³/mol. The fourth-order valence-electron chi connectivity index (χ4n) is 3.01. The molecule has 3 heteroatoms. The highest BCUT2D eigenvalue weighted by Gasteiger charge is 2.19. The summed E-state index contributed by atoms with van der Waals surface area (Å²) in [5, 5.41) is 3.19. The number of rotatable bonds is 5. The van der Waals surface area contributed by atoms with Crippen molar-refractivity contribution in [3.8, 4) is 5.75 Å². The van der Waals surface area contributed by atoms with Gasteiger partial charge in [-0.1, -0.05) is 54.1 Å². The zero-order valence-corrected chi connectivity index (χ0v) is 15.3. The second kappa shape index (κ2) is 7.87. The zero-order valence-electron chi connectivity index (χ0n) is 15.3. The Labute approximate surface area is 154 Å². The van der Waals surface area contributed by atoms with E-state index < -0.39 is 0 Å². The van der Waals surface area contributed by atoms with Crippen molar-refractivity contribution in [1.82, 2.24) is 5.32 Å². The monoisotopic (exact) mass is 345 g/mol. The van der Waals surface area contributed by atoms with Crippen LogP contribution < -0.4 is 10.1 Å². The van der Waals surface area contributed by atoms with Crippen LogP contribution in [0.5, 0.6) is 5.75 Å². The van der Waals surface area contributed by atoms with Gasteiger partial charge >= 0.3 is 0 Å². The molecule has 0 radical (unpaired) electrons. The van der Waals surface area contributed by atoms with Crippen molar-refractivity contribution in [3.63, 3.8) is 0 Å². The van der Waals surface area contributed by atoms with E-state index in [1.807, 2.05) is 30.3 Å². The Balaban J connectivity index is 1.95. The highest BCUT2D eigenvalue weighted by Crippen LogP contribution is 2.26. The van der Waals surface area contributed by atoms with Gasteiger partial charge in [-0.25, -0.2) is 0 Å². The molecule has 1 atom stereocenters. The summed E-state index contributed by atoms with van der Waals surface area (Å²) in [5.74, 6) is 0.623. The maximum absolute atomic E-state index is 12.8. The van der Waals surface area contributed by atoms with Crippen molar-refractivity contribution in [1.29, 1.82) is 0 Å². The van der Waals surface area contributed by atoms with Gasteiger partial charge in [-0.05, 0) is 54.8 Å². The van der Waals surface area contributed by atoms with Crippen LogP contribution in [0.15, 0.2) is 72.8 Å². The molecule has 0 aliphatic carbocycles. The SMILES string of the molecule is COc1ccc(C(=O)N[C@@H](c2ccccc2)c2cc(C)ccc2C)cc1. The molecule has 3 nitrogen and oxygen atoms in total. The molecule has 0 unspecified atom stereocenters. The molecule has 26 heavy (non-hydrogen) atoms. The first-order valence-corrected chi connectivity index (χ1v) is 8.65. The molecular formula is C23H23NO2. The molecule has 0 saturated carbocycles. The van der Waals surface area contributed by atoms with E-state index in [2.05, 4.69) is 37.4 Å². The van der Waals surface area contributed by atoms with Crippen molar-refractivity contribution in [2.24, 2.45) is 0 Å². The first-order chi connectivity index (χ1) is 12.6. The number of nitrogens with one attached hydrogen (secondary N) is 1.